The minimum absolute atomic E-state index is 0.531. The molecule has 0 bridgehead atoms. The van der Waals surface area contributed by atoms with E-state index in [2.05, 4.69) is 48.8 Å². The molecule has 1 fully saturated rings. The topological polar surface area (TPSA) is 29.9 Å². The largest absolute Gasteiger partial charge is 0.356 e. The van der Waals surface area contributed by atoms with Crippen LogP contribution < -0.4 is 5.32 Å². The third kappa shape index (κ3) is 3.06. The summed E-state index contributed by atoms with van der Waals surface area (Å²) in [5.41, 5.74) is 1.65. The standard InChI is InChI=1S/C15H27N3/c1-5-10-16-14-17-12(2)11-18(14)13-6-8-15(3,4)9-7-13/h11,13H,5-10H2,1-4H3,(H,16,17). The van der Waals surface area contributed by atoms with Gasteiger partial charge in [-0.1, -0.05) is 20.8 Å². The first-order valence-electron chi connectivity index (χ1n) is 7.31. The summed E-state index contributed by atoms with van der Waals surface area (Å²) in [7, 11) is 0. The first kappa shape index (κ1) is 13.4. The summed E-state index contributed by atoms with van der Waals surface area (Å²) in [6, 6.07) is 0.638. The number of rotatable bonds is 4. The Hall–Kier alpha value is -0.990. The molecule has 0 aliphatic heterocycles. The third-order valence-corrected chi connectivity index (χ3v) is 4.09. The lowest BCUT2D eigenvalue weighted by Crippen LogP contribution is -2.24. The summed E-state index contributed by atoms with van der Waals surface area (Å²) in [6.45, 7) is 10.1. The molecule has 0 atom stereocenters. The van der Waals surface area contributed by atoms with Crippen molar-refractivity contribution < 1.29 is 0 Å². The van der Waals surface area contributed by atoms with Crippen LogP contribution in [0.15, 0.2) is 6.20 Å². The third-order valence-electron chi connectivity index (χ3n) is 4.09. The molecule has 18 heavy (non-hydrogen) atoms. The average Bonchev–Trinajstić information content (AvgIpc) is 2.68. The highest BCUT2D eigenvalue weighted by Gasteiger charge is 2.28. The number of aryl methyl sites for hydroxylation is 1. The molecule has 0 spiro atoms. The van der Waals surface area contributed by atoms with Crippen molar-refractivity contribution in [3.8, 4) is 0 Å². The lowest BCUT2D eigenvalue weighted by molar-refractivity contribution is 0.194. The Morgan fingerprint density at radius 2 is 2.06 bits per heavy atom. The van der Waals surface area contributed by atoms with E-state index in [1.54, 1.807) is 0 Å². The SMILES string of the molecule is CCCNc1nc(C)cn1C1CCC(C)(C)CC1. The molecule has 3 heteroatoms. The molecular weight excluding hydrogens is 222 g/mol. The Morgan fingerprint density at radius 3 is 2.67 bits per heavy atom. The van der Waals surface area contributed by atoms with Gasteiger partial charge in [-0.05, 0) is 44.4 Å². The van der Waals surface area contributed by atoms with Gasteiger partial charge in [0.15, 0.2) is 0 Å². The zero-order valence-corrected chi connectivity index (χ0v) is 12.3. The number of anilines is 1. The highest BCUT2D eigenvalue weighted by Crippen LogP contribution is 2.41. The molecule has 0 aromatic carbocycles. The van der Waals surface area contributed by atoms with Crippen molar-refractivity contribution in [2.75, 3.05) is 11.9 Å². The predicted octanol–water partition coefficient (Wildman–Crippen LogP) is 4.15. The van der Waals surface area contributed by atoms with Crippen molar-refractivity contribution in [3.63, 3.8) is 0 Å². The van der Waals surface area contributed by atoms with Gasteiger partial charge in [0.1, 0.15) is 0 Å². The van der Waals surface area contributed by atoms with Gasteiger partial charge in [-0.2, -0.15) is 0 Å². The number of hydrogen-bond acceptors (Lipinski definition) is 2. The number of nitrogens with zero attached hydrogens (tertiary/aromatic N) is 2. The second kappa shape index (κ2) is 5.33. The number of imidazole rings is 1. The van der Waals surface area contributed by atoms with Crippen molar-refractivity contribution >= 4 is 5.95 Å². The second-order valence-electron chi connectivity index (χ2n) is 6.44. The van der Waals surface area contributed by atoms with Gasteiger partial charge in [0.25, 0.3) is 0 Å². The molecular formula is C15H27N3. The first-order valence-corrected chi connectivity index (χ1v) is 7.31. The Labute approximate surface area is 111 Å². The Balaban J connectivity index is 2.08. The quantitative estimate of drug-likeness (QED) is 0.868. The van der Waals surface area contributed by atoms with Crippen LogP contribution in [0.1, 0.15) is 64.6 Å². The van der Waals surface area contributed by atoms with E-state index in [0.717, 1.165) is 24.6 Å². The van der Waals surface area contributed by atoms with Gasteiger partial charge in [0.2, 0.25) is 5.95 Å². The summed E-state index contributed by atoms with van der Waals surface area (Å²) in [5, 5.41) is 3.45. The molecule has 0 saturated heterocycles. The maximum Gasteiger partial charge on any atom is 0.203 e. The fourth-order valence-electron chi connectivity index (χ4n) is 2.82. The molecule has 0 amide bonds. The zero-order chi connectivity index (χ0) is 13.2. The summed E-state index contributed by atoms with van der Waals surface area (Å²) in [4.78, 5) is 4.61. The Morgan fingerprint density at radius 1 is 1.39 bits per heavy atom. The Kier molecular flexibility index (Phi) is 3.98. The highest BCUT2D eigenvalue weighted by atomic mass is 15.2. The van der Waals surface area contributed by atoms with Crippen LogP contribution in [0.25, 0.3) is 0 Å². The molecule has 1 aliphatic rings. The second-order valence-corrected chi connectivity index (χ2v) is 6.44. The van der Waals surface area contributed by atoms with Crippen LogP contribution in [-0.2, 0) is 0 Å². The molecule has 3 nitrogen and oxygen atoms in total. The summed E-state index contributed by atoms with van der Waals surface area (Å²) in [5.74, 6) is 1.07. The smallest absolute Gasteiger partial charge is 0.203 e. The van der Waals surface area contributed by atoms with E-state index < -0.39 is 0 Å². The zero-order valence-electron chi connectivity index (χ0n) is 12.3. The van der Waals surface area contributed by atoms with Crippen LogP contribution in [0.2, 0.25) is 0 Å². The lowest BCUT2D eigenvalue weighted by Gasteiger charge is -2.35. The van der Waals surface area contributed by atoms with Crippen molar-refractivity contribution in [3.05, 3.63) is 11.9 Å². The van der Waals surface area contributed by atoms with E-state index in [0.29, 0.717) is 11.5 Å². The molecule has 1 N–H and O–H groups in total. The predicted molar refractivity (Wildman–Crippen MR) is 77.0 cm³/mol. The van der Waals surface area contributed by atoms with Gasteiger partial charge < -0.3 is 9.88 Å². The number of nitrogens with one attached hydrogen (secondary N) is 1. The van der Waals surface area contributed by atoms with Crippen LogP contribution in [0, 0.1) is 12.3 Å². The molecule has 1 aromatic heterocycles. The molecule has 0 radical (unpaired) electrons. The summed E-state index contributed by atoms with van der Waals surface area (Å²) >= 11 is 0. The van der Waals surface area contributed by atoms with Crippen molar-refractivity contribution in [1.29, 1.82) is 0 Å². The van der Waals surface area contributed by atoms with Gasteiger partial charge in [-0.15, -0.1) is 0 Å². The van der Waals surface area contributed by atoms with E-state index in [1.807, 2.05) is 0 Å². The van der Waals surface area contributed by atoms with Gasteiger partial charge in [0.05, 0.1) is 5.69 Å². The van der Waals surface area contributed by atoms with Crippen LogP contribution in [-0.4, -0.2) is 16.1 Å². The van der Waals surface area contributed by atoms with E-state index in [-0.39, 0.29) is 0 Å². The van der Waals surface area contributed by atoms with Crippen molar-refractivity contribution in [2.45, 2.75) is 65.8 Å². The molecule has 1 aliphatic carbocycles. The summed E-state index contributed by atoms with van der Waals surface area (Å²) < 4.78 is 2.38. The molecule has 1 aromatic rings. The van der Waals surface area contributed by atoms with E-state index in [1.165, 1.54) is 25.7 Å². The van der Waals surface area contributed by atoms with Crippen molar-refractivity contribution in [2.24, 2.45) is 5.41 Å². The maximum atomic E-state index is 4.61. The molecule has 0 unspecified atom stereocenters. The fourth-order valence-corrected chi connectivity index (χ4v) is 2.82. The van der Waals surface area contributed by atoms with E-state index in [9.17, 15) is 0 Å². The van der Waals surface area contributed by atoms with Crippen LogP contribution >= 0.6 is 0 Å². The van der Waals surface area contributed by atoms with E-state index in [4.69, 9.17) is 0 Å². The minimum Gasteiger partial charge on any atom is -0.356 e. The molecule has 2 rings (SSSR count). The van der Waals surface area contributed by atoms with Crippen LogP contribution in [0.5, 0.6) is 0 Å². The van der Waals surface area contributed by atoms with Gasteiger partial charge >= 0.3 is 0 Å². The maximum absolute atomic E-state index is 4.61. The normalized spacial score (nSPS) is 20.0. The molecule has 102 valence electrons. The first-order chi connectivity index (χ1) is 8.52. The van der Waals surface area contributed by atoms with Crippen LogP contribution in [0.4, 0.5) is 5.95 Å². The van der Waals surface area contributed by atoms with Gasteiger partial charge in [0, 0.05) is 18.8 Å². The van der Waals surface area contributed by atoms with Crippen molar-refractivity contribution in [1.82, 2.24) is 9.55 Å². The number of aromatic nitrogens is 2. The lowest BCUT2D eigenvalue weighted by atomic mass is 9.75. The van der Waals surface area contributed by atoms with Gasteiger partial charge in [-0.25, -0.2) is 4.98 Å². The Bertz CT molecular complexity index is 382. The summed E-state index contributed by atoms with van der Waals surface area (Å²) in [6.07, 6.45) is 8.56. The molecule has 1 heterocycles. The fraction of sp³-hybridized carbons (Fsp3) is 0.800. The average molecular weight is 249 g/mol. The number of hydrogen-bond donors (Lipinski definition) is 1. The highest BCUT2D eigenvalue weighted by molar-refractivity contribution is 5.29. The monoisotopic (exact) mass is 249 g/mol. The van der Waals surface area contributed by atoms with Gasteiger partial charge in [-0.3, -0.25) is 0 Å². The molecule has 1 saturated carbocycles. The van der Waals surface area contributed by atoms with Crippen LogP contribution in [0.3, 0.4) is 0 Å². The van der Waals surface area contributed by atoms with E-state index >= 15 is 0 Å². The minimum atomic E-state index is 0.531.